The second-order valence-electron chi connectivity index (χ2n) is 3.78. The fourth-order valence-electron chi connectivity index (χ4n) is 1.89. The molecule has 78 valence electrons. The standard InChI is InChI=1S/C11H18N2O/c1-5-7(2)13-8(3)6-10(9(13)4)11(12)14/h6-7H,5H2,1-4H3,(H2,12,14)/t7-/m0/s1. The molecule has 1 heterocycles. The number of primary amides is 1. The summed E-state index contributed by atoms with van der Waals surface area (Å²) >= 11 is 0. The molecule has 0 unspecified atom stereocenters. The zero-order valence-electron chi connectivity index (χ0n) is 9.29. The van der Waals surface area contributed by atoms with Crippen molar-refractivity contribution in [3.8, 4) is 0 Å². The largest absolute Gasteiger partial charge is 0.366 e. The van der Waals surface area contributed by atoms with Crippen molar-refractivity contribution in [3.05, 3.63) is 23.0 Å². The number of aryl methyl sites for hydroxylation is 1. The molecule has 14 heavy (non-hydrogen) atoms. The normalized spacial score (nSPS) is 12.9. The lowest BCUT2D eigenvalue weighted by Crippen LogP contribution is -2.13. The van der Waals surface area contributed by atoms with Crippen LogP contribution in [0.4, 0.5) is 0 Å². The Morgan fingerprint density at radius 2 is 2.14 bits per heavy atom. The zero-order valence-corrected chi connectivity index (χ0v) is 9.29. The Hall–Kier alpha value is -1.25. The van der Waals surface area contributed by atoms with E-state index in [2.05, 4.69) is 18.4 Å². The summed E-state index contributed by atoms with van der Waals surface area (Å²) in [5.74, 6) is -0.340. The lowest BCUT2D eigenvalue weighted by molar-refractivity contribution is 0.0999. The van der Waals surface area contributed by atoms with E-state index in [4.69, 9.17) is 5.73 Å². The van der Waals surface area contributed by atoms with Gasteiger partial charge in [-0.25, -0.2) is 0 Å². The first-order valence-electron chi connectivity index (χ1n) is 4.97. The Morgan fingerprint density at radius 3 is 2.50 bits per heavy atom. The van der Waals surface area contributed by atoms with Gasteiger partial charge >= 0.3 is 0 Å². The van der Waals surface area contributed by atoms with Crippen molar-refractivity contribution in [1.29, 1.82) is 0 Å². The molecular weight excluding hydrogens is 176 g/mol. The molecule has 0 radical (unpaired) electrons. The number of hydrogen-bond donors (Lipinski definition) is 1. The summed E-state index contributed by atoms with van der Waals surface area (Å²) in [6.07, 6.45) is 1.05. The molecule has 1 aromatic rings. The number of hydrogen-bond acceptors (Lipinski definition) is 1. The number of rotatable bonds is 3. The predicted molar refractivity (Wildman–Crippen MR) is 57.4 cm³/mol. The molecule has 0 aliphatic rings. The van der Waals surface area contributed by atoms with Crippen LogP contribution in [0.3, 0.4) is 0 Å². The first-order valence-corrected chi connectivity index (χ1v) is 4.97. The highest BCUT2D eigenvalue weighted by molar-refractivity contribution is 5.94. The summed E-state index contributed by atoms with van der Waals surface area (Å²) in [4.78, 5) is 11.1. The van der Waals surface area contributed by atoms with Crippen LogP contribution >= 0.6 is 0 Å². The minimum atomic E-state index is -0.340. The monoisotopic (exact) mass is 194 g/mol. The maximum Gasteiger partial charge on any atom is 0.250 e. The Morgan fingerprint density at radius 1 is 1.57 bits per heavy atom. The van der Waals surface area contributed by atoms with Crippen LogP contribution in [0.1, 0.15) is 48.1 Å². The Bertz CT molecular complexity index is 352. The van der Waals surface area contributed by atoms with Gasteiger partial charge < -0.3 is 10.3 Å². The summed E-state index contributed by atoms with van der Waals surface area (Å²) in [6, 6.07) is 2.28. The molecule has 1 aromatic heterocycles. The summed E-state index contributed by atoms with van der Waals surface area (Å²) < 4.78 is 2.17. The maximum atomic E-state index is 11.1. The van der Waals surface area contributed by atoms with E-state index in [9.17, 15) is 4.79 Å². The molecule has 1 atom stereocenters. The summed E-state index contributed by atoms with van der Waals surface area (Å²) in [5, 5.41) is 0. The van der Waals surface area contributed by atoms with Crippen LogP contribution in [0.5, 0.6) is 0 Å². The molecule has 0 bridgehead atoms. The molecule has 0 spiro atoms. The van der Waals surface area contributed by atoms with Crippen molar-refractivity contribution < 1.29 is 4.79 Å². The third-order valence-corrected chi connectivity index (χ3v) is 2.78. The fraction of sp³-hybridized carbons (Fsp3) is 0.545. The van der Waals surface area contributed by atoms with Gasteiger partial charge in [0.25, 0.3) is 5.91 Å². The Kier molecular flexibility index (Phi) is 2.99. The van der Waals surface area contributed by atoms with Crippen LogP contribution in [0.2, 0.25) is 0 Å². The molecule has 3 nitrogen and oxygen atoms in total. The zero-order chi connectivity index (χ0) is 10.9. The van der Waals surface area contributed by atoms with E-state index >= 15 is 0 Å². The molecule has 0 fully saturated rings. The van der Waals surface area contributed by atoms with Crippen molar-refractivity contribution in [2.75, 3.05) is 0 Å². The first-order chi connectivity index (χ1) is 6.49. The molecule has 0 saturated heterocycles. The van der Waals surface area contributed by atoms with E-state index in [0.29, 0.717) is 11.6 Å². The van der Waals surface area contributed by atoms with Gasteiger partial charge in [-0.15, -0.1) is 0 Å². The lowest BCUT2D eigenvalue weighted by Gasteiger charge is -2.16. The van der Waals surface area contributed by atoms with Crippen LogP contribution in [0, 0.1) is 13.8 Å². The lowest BCUT2D eigenvalue weighted by atomic mass is 10.2. The molecule has 0 aromatic carbocycles. The quantitative estimate of drug-likeness (QED) is 0.787. The number of nitrogens with zero attached hydrogens (tertiary/aromatic N) is 1. The van der Waals surface area contributed by atoms with Crippen LogP contribution in [-0.2, 0) is 0 Å². The minimum absolute atomic E-state index is 0.340. The van der Waals surface area contributed by atoms with Crippen molar-refractivity contribution in [2.24, 2.45) is 5.73 Å². The number of carbonyl (C=O) groups is 1. The van der Waals surface area contributed by atoms with Crippen molar-refractivity contribution >= 4 is 5.91 Å². The van der Waals surface area contributed by atoms with Gasteiger partial charge in [0, 0.05) is 17.4 Å². The summed E-state index contributed by atoms with van der Waals surface area (Å²) in [7, 11) is 0. The van der Waals surface area contributed by atoms with E-state index in [0.717, 1.165) is 17.8 Å². The SMILES string of the molecule is CC[C@H](C)n1c(C)cc(C(N)=O)c1C. The molecular formula is C11H18N2O. The smallest absolute Gasteiger partial charge is 0.250 e. The van der Waals surface area contributed by atoms with Gasteiger partial charge in [-0.1, -0.05) is 6.92 Å². The third-order valence-electron chi connectivity index (χ3n) is 2.78. The highest BCUT2D eigenvalue weighted by atomic mass is 16.1. The van der Waals surface area contributed by atoms with Gasteiger partial charge in [0.05, 0.1) is 5.56 Å². The number of amides is 1. The number of aromatic nitrogens is 1. The maximum absolute atomic E-state index is 11.1. The van der Waals surface area contributed by atoms with E-state index in [1.165, 1.54) is 0 Å². The van der Waals surface area contributed by atoms with Crippen molar-refractivity contribution in [3.63, 3.8) is 0 Å². The second kappa shape index (κ2) is 3.86. The molecule has 1 rings (SSSR count). The summed E-state index contributed by atoms with van der Waals surface area (Å²) in [6.45, 7) is 8.23. The van der Waals surface area contributed by atoms with Crippen LogP contribution < -0.4 is 5.73 Å². The fourth-order valence-corrected chi connectivity index (χ4v) is 1.89. The molecule has 1 amide bonds. The van der Waals surface area contributed by atoms with Gasteiger partial charge in [0.2, 0.25) is 0 Å². The first kappa shape index (κ1) is 10.8. The van der Waals surface area contributed by atoms with Gasteiger partial charge in [0.15, 0.2) is 0 Å². The van der Waals surface area contributed by atoms with Crippen molar-refractivity contribution in [2.45, 2.75) is 40.2 Å². The highest BCUT2D eigenvalue weighted by Gasteiger charge is 2.15. The Labute approximate surface area is 84.9 Å². The van der Waals surface area contributed by atoms with Crippen LogP contribution in [0.25, 0.3) is 0 Å². The molecule has 0 saturated carbocycles. The molecule has 0 aliphatic carbocycles. The number of carbonyl (C=O) groups excluding carboxylic acids is 1. The second-order valence-corrected chi connectivity index (χ2v) is 3.78. The van der Waals surface area contributed by atoms with Gasteiger partial charge in [-0.2, -0.15) is 0 Å². The average Bonchev–Trinajstić information content (AvgIpc) is 2.41. The van der Waals surface area contributed by atoms with Gasteiger partial charge in [-0.3, -0.25) is 4.79 Å². The van der Waals surface area contributed by atoms with E-state index < -0.39 is 0 Å². The van der Waals surface area contributed by atoms with E-state index in [-0.39, 0.29) is 5.91 Å². The van der Waals surface area contributed by atoms with Crippen LogP contribution in [-0.4, -0.2) is 10.5 Å². The Balaban J connectivity index is 3.24. The van der Waals surface area contributed by atoms with Gasteiger partial charge in [-0.05, 0) is 33.3 Å². The van der Waals surface area contributed by atoms with Crippen LogP contribution in [0.15, 0.2) is 6.07 Å². The van der Waals surface area contributed by atoms with Gasteiger partial charge in [0.1, 0.15) is 0 Å². The van der Waals surface area contributed by atoms with E-state index in [1.54, 1.807) is 0 Å². The molecule has 3 heteroatoms. The average molecular weight is 194 g/mol. The molecule has 2 N–H and O–H groups in total. The third kappa shape index (κ3) is 1.67. The summed E-state index contributed by atoms with van der Waals surface area (Å²) in [5.41, 5.74) is 8.01. The molecule has 0 aliphatic heterocycles. The highest BCUT2D eigenvalue weighted by Crippen LogP contribution is 2.21. The minimum Gasteiger partial charge on any atom is -0.366 e. The predicted octanol–water partition coefficient (Wildman–Crippen LogP) is 2.17. The number of nitrogens with two attached hydrogens (primary N) is 1. The van der Waals surface area contributed by atoms with E-state index in [1.807, 2.05) is 19.9 Å². The van der Waals surface area contributed by atoms with Crippen molar-refractivity contribution in [1.82, 2.24) is 4.57 Å². The topological polar surface area (TPSA) is 48.0 Å².